The molecule has 2 aliphatic heterocycles. The lowest BCUT2D eigenvalue weighted by atomic mass is 9.64. The quantitative estimate of drug-likeness (QED) is 0.126. The first-order chi connectivity index (χ1) is 35.7. The predicted octanol–water partition coefficient (Wildman–Crippen LogP) is 13.3. The Kier molecular flexibility index (Phi) is 10.9. The Labute approximate surface area is 420 Å². The lowest BCUT2D eigenvalue weighted by Crippen LogP contribution is -2.53. The van der Waals surface area contributed by atoms with Crippen molar-refractivity contribution in [1.82, 2.24) is 19.9 Å². The molecule has 0 radical (unpaired) electrons. The Morgan fingerprint density at radius 2 is 0.556 bits per heavy atom. The van der Waals surface area contributed by atoms with Gasteiger partial charge >= 0.3 is 14.0 Å². The van der Waals surface area contributed by atoms with Crippen LogP contribution in [0, 0.1) is 0 Å². The number of hydrogen-bond donors (Lipinski definition) is 0. The van der Waals surface area contributed by atoms with Crippen LogP contribution in [0.2, 0.25) is 0 Å². The zero-order chi connectivity index (χ0) is 47.8. The smallest absolute Gasteiger partial charge is 0.360 e. The van der Waals surface area contributed by atoms with Gasteiger partial charge in [-0.3, -0.25) is 0 Å². The van der Waals surface area contributed by atoms with Crippen LogP contribution in [0.1, 0.15) is 0 Å². The molecule has 0 bridgehead atoms. The molecule has 9 aromatic carbocycles. The topological polar surface area (TPSA) is 64.5 Å². The van der Waals surface area contributed by atoms with E-state index in [1.807, 2.05) is 12.1 Å². The number of para-hydroxylation sites is 2. The van der Waals surface area contributed by atoms with Gasteiger partial charge in [-0.1, -0.05) is 127 Å². The van der Waals surface area contributed by atoms with Crippen molar-refractivity contribution < 1.29 is 0 Å². The molecular formula is C62H44B2N8. The van der Waals surface area contributed by atoms with Crippen LogP contribution < -0.4 is 30.2 Å². The summed E-state index contributed by atoms with van der Waals surface area (Å²) in [4.78, 5) is 28.0. The van der Waals surface area contributed by atoms with E-state index in [1.54, 1.807) is 24.8 Å². The van der Waals surface area contributed by atoms with Crippen LogP contribution in [0.3, 0.4) is 0 Å². The van der Waals surface area contributed by atoms with E-state index in [9.17, 15) is 0 Å². The maximum absolute atomic E-state index is 4.55. The molecule has 8 nitrogen and oxygen atoms in total. The van der Waals surface area contributed by atoms with E-state index >= 15 is 0 Å². The zero-order valence-corrected chi connectivity index (χ0v) is 39.1. The second-order valence-corrected chi connectivity index (χ2v) is 17.9. The van der Waals surface area contributed by atoms with Crippen molar-refractivity contribution in [3.05, 3.63) is 267 Å². The van der Waals surface area contributed by atoms with Crippen LogP contribution in [-0.4, -0.2) is 33.9 Å². The Balaban J connectivity index is 0.930. The second-order valence-electron chi connectivity index (χ2n) is 17.9. The van der Waals surface area contributed by atoms with Crippen molar-refractivity contribution in [2.75, 3.05) is 19.2 Å². The second kappa shape index (κ2) is 18.4. The highest BCUT2D eigenvalue weighted by Gasteiger charge is 2.45. The van der Waals surface area contributed by atoms with Gasteiger partial charge in [0.25, 0.3) is 0 Å². The molecule has 4 heterocycles. The van der Waals surface area contributed by atoms with Gasteiger partial charge in [0.2, 0.25) is 0 Å². The maximum Gasteiger partial charge on any atom is 0.420 e. The van der Waals surface area contributed by atoms with E-state index in [2.05, 4.69) is 270 Å². The van der Waals surface area contributed by atoms with Gasteiger partial charge < -0.3 is 19.2 Å². The molecule has 0 aliphatic carbocycles. The normalized spacial score (nSPS) is 12.8. The van der Waals surface area contributed by atoms with Crippen molar-refractivity contribution >= 4 is 70.4 Å². The summed E-state index contributed by atoms with van der Waals surface area (Å²) < 4.78 is 0. The minimum atomic E-state index is -0.213. The maximum atomic E-state index is 4.55. The van der Waals surface area contributed by atoms with Crippen molar-refractivity contribution in [1.29, 1.82) is 0 Å². The number of rotatable bonds is 10. The summed E-state index contributed by atoms with van der Waals surface area (Å²) in [6, 6.07) is 86.8. The molecule has 338 valence electrons. The number of benzene rings is 9. The highest BCUT2D eigenvalue weighted by atomic mass is 15.3. The van der Waals surface area contributed by atoms with Gasteiger partial charge in [0.1, 0.15) is 0 Å². The fraction of sp³-hybridized carbons (Fsp3) is 0. The van der Waals surface area contributed by atoms with Crippen LogP contribution in [0.5, 0.6) is 0 Å². The summed E-state index contributed by atoms with van der Waals surface area (Å²) in [7, 11) is 0. The SMILES string of the molecule is c1ccc(B2N(c3ccccc3)c3ccc(-c4cccc(-c5ccc6c(c5)N(c5ccc(-c7ncccn7)cc5)B(c5ccccc5)N6c5ccc(-c6ncccn6)cc5)c4)cc3N2c2ccccc2)cc1. The molecule has 0 unspecified atom stereocenters. The molecule has 13 rings (SSSR count). The van der Waals surface area contributed by atoms with E-state index in [0.29, 0.717) is 11.6 Å². The van der Waals surface area contributed by atoms with Gasteiger partial charge in [0.15, 0.2) is 11.6 Å². The molecule has 2 aliphatic rings. The third-order valence-corrected chi connectivity index (χ3v) is 13.7. The highest BCUT2D eigenvalue weighted by molar-refractivity contribution is 6.85. The van der Waals surface area contributed by atoms with E-state index in [4.69, 9.17) is 0 Å². The zero-order valence-electron chi connectivity index (χ0n) is 39.1. The molecule has 0 atom stereocenters. The third-order valence-electron chi connectivity index (χ3n) is 13.7. The Morgan fingerprint density at radius 1 is 0.236 bits per heavy atom. The summed E-state index contributed by atoms with van der Waals surface area (Å²) in [6.07, 6.45) is 7.13. The van der Waals surface area contributed by atoms with Crippen LogP contribution in [0.25, 0.3) is 45.0 Å². The minimum Gasteiger partial charge on any atom is -0.360 e. The minimum absolute atomic E-state index is 0.0973. The number of anilines is 8. The van der Waals surface area contributed by atoms with Crippen molar-refractivity contribution in [2.24, 2.45) is 0 Å². The molecule has 0 amide bonds. The molecule has 0 N–H and O–H groups in total. The first kappa shape index (κ1) is 42.6. The van der Waals surface area contributed by atoms with E-state index < -0.39 is 0 Å². The number of aromatic nitrogens is 4. The standard InChI is InChI=1S/C62H44B2N8/c1-5-18-51(19-6-1)63-69(53-22-9-3-10-23-53)57-36-30-49(43-59(57)71(63)54-24-11-4-12-25-54)47-16-13-17-48(42-47)50-31-37-58-60(44-50)72(56-34-28-46(29-35-56)62-67-40-15-41-68-62)64(52-20-7-2-8-21-52)70(58)55-32-26-45(27-33-55)61-65-38-14-39-66-61/h1-44H. The Hall–Kier alpha value is -9.53. The fourth-order valence-corrected chi connectivity index (χ4v) is 10.4. The first-order valence-corrected chi connectivity index (χ1v) is 24.2. The molecule has 10 heteroatoms. The Bertz CT molecular complexity index is 3650. The molecule has 72 heavy (non-hydrogen) atoms. The van der Waals surface area contributed by atoms with Crippen LogP contribution in [0.15, 0.2) is 267 Å². The van der Waals surface area contributed by atoms with Gasteiger partial charge in [-0.25, -0.2) is 19.9 Å². The summed E-state index contributed by atoms with van der Waals surface area (Å²) in [5, 5.41) is 0. The van der Waals surface area contributed by atoms with Gasteiger partial charge in [0.05, 0.1) is 22.7 Å². The van der Waals surface area contributed by atoms with Crippen molar-refractivity contribution in [2.45, 2.75) is 0 Å². The number of nitrogens with zero attached hydrogens (tertiary/aromatic N) is 8. The van der Waals surface area contributed by atoms with Gasteiger partial charge in [-0.05, 0) is 148 Å². The monoisotopic (exact) mass is 922 g/mol. The molecular weight excluding hydrogens is 878 g/mol. The van der Waals surface area contributed by atoms with E-state index in [1.165, 1.54) is 5.46 Å². The summed E-state index contributed by atoms with van der Waals surface area (Å²) in [5.74, 6) is 1.39. The summed E-state index contributed by atoms with van der Waals surface area (Å²) in [5.41, 5.74) is 17.7. The lowest BCUT2D eigenvalue weighted by Gasteiger charge is -2.30. The molecule has 0 saturated carbocycles. The largest absolute Gasteiger partial charge is 0.420 e. The lowest BCUT2D eigenvalue weighted by molar-refractivity contribution is 1.18. The van der Waals surface area contributed by atoms with Crippen molar-refractivity contribution in [3.8, 4) is 45.0 Å². The fourth-order valence-electron chi connectivity index (χ4n) is 10.4. The molecule has 0 saturated heterocycles. The van der Waals surface area contributed by atoms with Crippen molar-refractivity contribution in [3.63, 3.8) is 0 Å². The van der Waals surface area contributed by atoms with E-state index in [0.717, 1.165) is 84.3 Å². The molecule has 0 fully saturated rings. The van der Waals surface area contributed by atoms with Gasteiger partial charge in [0, 0.05) is 58.7 Å². The number of fused-ring (bicyclic) bond motifs is 2. The molecule has 11 aromatic rings. The number of hydrogen-bond acceptors (Lipinski definition) is 8. The molecule has 0 spiro atoms. The molecule has 2 aromatic heterocycles. The van der Waals surface area contributed by atoms with E-state index in [-0.39, 0.29) is 14.0 Å². The first-order valence-electron chi connectivity index (χ1n) is 24.2. The average molecular weight is 923 g/mol. The summed E-state index contributed by atoms with van der Waals surface area (Å²) >= 11 is 0. The average Bonchev–Trinajstić information content (AvgIpc) is 4.00. The van der Waals surface area contributed by atoms with Gasteiger partial charge in [-0.2, -0.15) is 0 Å². The van der Waals surface area contributed by atoms with Crippen LogP contribution in [-0.2, 0) is 0 Å². The Morgan fingerprint density at radius 3 is 0.944 bits per heavy atom. The highest BCUT2D eigenvalue weighted by Crippen LogP contribution is 2.50. The predicted molar refractivity (Wildman–Crippen MR) is 297 cm³/mol. The third kappa shape index (κ3) is 7.72. The van der Waals surface area contributed by atoms with Crippen LogP contribution in [0.4, 0.5) is 45.5 Å². The van der Waals surface area contributed by atoms with Gasteiger partial charge in [-0.15, -0.1) is 0 Å². The van der Waals surface area contributed by atoms with Crippen LogP contribution >= 0.6 is 0 Å². The summed E-state index contributed by atoms with van der Waals surface area (Å²) in [6.45, 7) is -0.311.